The van der Waals surface area contributed by atoms with E-state index in [0.29, 0.717) is 0 Å². The quantitative estimate of drug-likeness (QED) is 0.522. The summed E-state index contributed by atoms with van der Waals surface area (Å²) in [5.74, 6) is 10.4. The highest BCUT2D eigenvalue weighted by Gasteiger charge is 1.95. The second-order valence-electron chi connectivity index (χ2n) is 4.33. The van der Waals surface area contributed by atoms with Gasteiger partial charge in [0.05, 0.1) is 6.10 Å². The van der Waals surface area contributed by atoms with Crippen LogP contribution in [0.4, 0.5) is 0 Å². The van der Waals surface area contributed by atoms with E-state index in [1.807, 2.05) is 0 Å². The normalized spacial score (nSPS) is 11.3. The van der Waals surface area contributed by atoms with Gasteiger partial charge in [0.2, 0.25) is 0 Å². The summed E-state index contributed by atoms with van der Waals surface area (Å²) in [7, 11) is 0. The smallest absolute Gasteiger partial charge is 0.303 e. The minimum atomic E-state index is -0.714. The van der Waals surface area contributed by atoms with Crippen molar-refractivity contribution in [2.75, 3.05) is 0 Å². The van der Waals surface area contributed by atoms with E-state index >= 15 is 0 Å². The summed E-state index contributed by atoms with van der Waals surface area (Å²) in [5.41, 5.74) is 0. The first-order valence-corrected chi connectivity index (χ1v) is 6.68. The molecule has 0 aromatic carbocycles. The van der Waals surface area contributed by atoms with Crippen LogP contribution in [0.25, 0.3) is 0 Å². The van der Waals surface area contributed by atoms with Crippen molar-refractivity contribution in [1.82, 2.24) is 0 Å². The average Bonchev–Trinajstić information content (AvgIpc) is 2.34. The summed E-state index contributed by atoms with van der Waals surface area (Å²) in [6, 6.07) is 0. The molecule has 0 fully saturated rings. The molecule has 0 saturated carbocycles. The molecule has 0 spiro atoms. The predicted octanol–water partition coefficient (Wildman–Crippen LogP) is 2.75. The van der Waals surface area contributed by atoms with Gasteiger partial charge in [-0.1, -0.05) is 31.1 Å². The van der Waals surface area contributed by atoms with Crippen LogP contribution in [0.15, 0.2) is 12.2 Å². The number of aliphatic hydroxyl groups excluding tert-OH is 1. The maximum absolute atomic E-state index is 10.3. The van der Waals surface area contributed by atoms with Gasteiger partial charge >= 0.3 is 5.97 Å². The summed E-state index contributed by atoms with van der Waals surface area (Å²) in [6.07, 6.45) is 8.76. The highest BCUT2D eigenvalue weighted by molar-refractivity contribution is 5.66. The zero-order chi connectivity index (χ0) is 14.3. The van der Waals surface area contributed by atoms with Gasteiger partial charge in [0, 0.05) is 12.8 Å². The van der Waals surface area contributed by atoms with Crippen LogP contribution in [-0.4, -0.2) is 22.3 Å². The number of carboxylic acid groups (broad SMARTS) is 1. The van der Waals surface area contributed by atoms with Crippen molar-refractivity contribution in [3.05, 3.63) is 12.2 Å². The fourth-order valence-electron chi connectivity index (χ4n) is 1.39. The Morgan fingerprint density at radius 3 is 2.53 bits per heavy atom. The first-order chi connectivity index (χ1) is 9.13. The highest BCUT2D eigenvalue weighted by Crippen LogP contribution is 2.06. The standard InChI is InChI=1S/C16H22O3/c1-15(17)13-11-9-7-5-3-2-4-6-8-10-12-14-16(18)19/h11,13,15,17H,2,4,6,8,10,12,14H2,1H3,(H,18,19)/b13-11+. The maximum atomic E-state index is 10.3. The molecule has 0 rings (SSSR count). The Morgan fingerprint density at radius 2 is 1.84 bits per heavy atom. The van der Waals surface area contributed by atoms with Crippen LogP contribution < -0.4 is 0 Å². The van der Waals surface area contributed by atoms with Gasteiger partial charge in [-0.25, -0.2) is 0 Å². The van der Waals surface area contributed by atoms with E-state index in [0.717, 1.165) is 38.5 Å². The predicted molar refractivity (Wildman–Crippen MR) is 76.3 cm³/mol. The molecule has 0 heterocycles. The van der Waals surface area contributed by atoms with Crippen LogP contribution in [-0.2, 0) is 4.79 Å². The number of aliphatic hydroxyl groups is 1. The number of allylic oxidation sites excluding steroid dienone is 1. The van der Waals surface area contributed by atoms with Gasteiger partial charge in [0.15, 0.2) is 0 Å². The van der Waals surface area contributed by atoms with Crippen molar-refractivity contribution in [3.8, 4) is 23.7 Å². The maximum Gasteiger partial charge on any atom is 0.303 e. The van der Waals surface area contributed by atoms with E-state index in [1.54, 1.807) is 19.1 Å². The monoisotopic (exact) mass is 262 g/mol. The van der Waals surface area contributed by atoms with E-state index in [4.69, 9.17) is 10.2 Å². The topological polar surface area (TPSA) is 57.5 Å². The minimum absolute atomic E-state index is 0.273. The number of hydrogen-bond donors (Lipinski definition) is 2. The minimum Gasteiger partial charge on any atom is -0.481 e. The Bertz CT molecular complexity index is 386. The SMILES string of the molecule is CC(O)/C=C/C#CC#CCCCCCCCC(=O)O. The van der Waals surface area contributed by atoms with Crippen LogP contribution in [0.3, 0.4) is 0 Å². The van der Waals surface area contributed by atoms with Crippen molar-refractivity contribution in [2.24, 2.45) is 0 Å². The summed E-state index contributed by atoms with van der Waals surface area (Å²) in [5, 5.41) is 17.4. The molecule has 0 saturated heterocycles. The van der Waals surface area contributed by atoms with E-state index in [2.05, 4.69) is 23.7 Å². The molecule has 19 heavy (non-hydrogen) atoms. The molecule has 3 nitrogen and oxygen atoms in total. The van der Waals surface area contributed by atoms with Crippen molar-refractivity contribution in [1.29, 1.82) is 0 Å². The average molecular weight is 262 g/mol. The van der Waals surface area contributed by atoms with Crippen LogP contribution in [0.1, 0.15) is 51.9 Å². The molecule has 1 unspecified atom stereocenters. The third kappa shape index (κ3) is 16.3. The molecule has 0 radical (unpaired) electrons. The molecule has 0 aromatic rings. The number of aliphatic carboxylic acids is 1. The van der Waals surface area contributed by atoms with Gasteiger partial charge in [-0.3, -0.25) is 4.79 Å². The third-order valence-corrected chi connectivity index (χ3v) is 2.37. The number of rotatable bonds is 8. The summed E-state index contributed by atoms with van der Waals surface area (Å²) >= 11 is 0. The number of unbranched alkanes of at least 4 members (excludes halogenated alkanes) is 5. The lowest BCUT2D eigenvalue weighted by Crippen LogP contribution is -1.93. The van der Waals surface area contributed by atoms with Crippen molar-refractivity contribution >= 4 is 5.97 Å². The fraction of sp³-hybridized carbons (Fsp3) is 0.562. The summed E-state index contributed by atoms with van der Waals surface area (Å²) in [6.45, 7) is 1.67. The van der Waals surface area contributed by atoms with Gasteiger partial charge in [-0.05, 0) is 43.8 Å². The van der Waals surface area contributed by atoms with Crippen LogP contribution in [0.2, 0.25) is 0 Å². The van der Waals surface area contributed by atoms with Crippen molar-refractivity contribution in [2.45, 2.75) is 58.0 Å². The van der Waals surface area contributed by atoms with Crippen molar-refractivity contribution in [3.63, 3.8) is 0 Å². The Balaban J connectivity index is 3.42. The largest absolute Gasteiger partial charge is 0.481 e. The first-order valence-electron chi connectivity index (χ1n) is 6.68. The molecule has 0 amide bonds. The Labute approximate surface area is 115 Å². The molecular weight excluding hydrogens is 240 g/mol. The van der Waals surface area contributed by atoms with E-state index in [-0.39, 0.29) is 6.42 Å². The Kier molecular flexibility index (Phi) is 11.6. The molecule has 0 aliphatic rings. The lowest BCUT2D eigenvalue weighted by atomic mass is 10.1. The molecule has 2 N–H and O–H groups in total. The molecule has 104 valence electrons. The first kappa shape index (κ1) is 17.3. The van der Waals surface area contributed by atoms with E-state index < -0.39 is 12.1 Å². The number of carbonyl (C=O) groups is 1. The van der Waals surface area contributed by atoms with E-state index in [9.17, 15) is 4.79 Å². The van der Waals surface area contributed by atoms with Gasteiger partial charge in [0.25, 0.3) is 0 Å². The molecule has 0 aliphatic heterocycles. The second-order valence-corrected chi connectivity index (χ2v) is 4.33. The van der Waals surface area contributed by atoms with Crippen LogP contribution >= 0.6 is 0 Å². The molecule has 0 aliphatic carbocycles. The molecule has 0 bridgehead atoms. The van der Waals surface area contributed by atoms with Gasteiger partial charge in [-0.2, -0.15) is 0 Å². The molecule has 0 aromatic heterocycles. The summed E-state index contributed by atoms with van der Waals surface area (Å²) < 4.78 is 0. The third-order valence-electron chi connectivity index (χ3n) is 2.37. The summed E-state index contributed by atoms with van der Waals surface area (Å²) in [4.78, 5) is 10.3. The van der Waals surface area contributed by atoms with Crippen molar-refractivity contribution < 1.29 is 15.0 Å². The number of carboxylic acids is 1. The zero-order valence-electron chi connectivity index (χ0n) is 11.5. The molecule has 3 heteroatoms. The highest BCUT2D eigenvalue weighted by atomic mass is 16.4. The fourth-order valence-corrected chi connectivity index (χ4v) is 1.39. The lowest BCUT2D eigenvalue weighted by molar-refractivity contribution is -0.137. The van der Waals surface area contributed by atoms with E-state index in [1.165, 1.54) is 0 Å². The van der Waals surface area contributed by atoms with Gasteiger partial charge < -0.3 is 10.2 Å². The van der Waals surface area contributed by atoms with Crippen LogP contribution in [0, 0.1) is 23.7 Å². The molecule has 1 atom stereocenters. The lowest BCUT2D eigenvalue weighted by Gasteiger charge is -1.96. The molecular formula is C16H22O3. The number of hydrogen-bond acceptors (Lipinski definition) is 2. The zero-order valence-corrected chi connectivity index (χ0v) is 11.5. The van der Waals surface area contributed by atoms with Gasteiger partial charge in [-0.15, -0.1) is 0 Å². The van der Waals surface area contributed by atoms with Crippen LogP contribution in [0.5, 0.6) is 0 Å². The second kappa shape index (κ2) is 12.7. The van der Waals surface area contributed by atoms with Gasteiger partial charge in [0.1, 0.15) is 0 Å². The Hall–Kier alpha value is -1.71. The Morgan fingerprint density at radius 1 is 1.16 bits per heavy atom.